The van der Waals surface area contributed by atoms with Crippen molar-refractivity contribution in [1.29, 1.82) is 0 Å². The van der Waals surface area contributed by atoms with E-state index in [0.717, 1.165) is 32.5 Å². The number of piperidine rings is 1. The van der Waals surface area contributed by atoms with Crippen LogP contribution in [0.1, 0.15) is 19.3 Å². The molecule has 0 aliphatic carbocycles. The Kier molecular flexibility index (Phi) is 4.26. The number of rotatable bonds is 4. The van der Waals surface area contributed by atoms with Crippen molar-refractivity contribution in [1.82, 2.24) is 19.9 Å². The molecule has 1 saturated heterocycles. The number of likely N-dealkylation sites (tertiary alicyclic amines) is 1. The topological polar surface area (TPSA) is 77.0 Å². The first-order valence-corrected chi connectivity index (χ1v) is 7.53. The fourth-order valence-electron chi connectivity index (χ4n) is 3.06. The molecule has 1 atom stereocenters. The normalized spacial score (nSPS) is 20.0. The maximum absolute atomic E-state index is 12.4. The number of hydrogen-bond donors (Lipinski definition) is 1. The van der Waals surface area contributed by atoms with Gasteiger partial charge in [0.25, 0.3) is 5.56 Å². The van der Waals surface area contributed by atoms with Crippen LogP contribution in [0.3, 0.4) is 0 Å². The van der Waals surface area contributed by atoms with Crippen LogP contribution in [0.25, 0.3) is 10.9 Å². The van der Waals surface area contributed by atoms with Crippen LogP contribution in [0, 0.1) is 5.92 Å². The molecule has 0 saturated carbocycles. The van der Waals surface area contributed by atoms with Crippen molar-refractivity contribution in [2.24, 2.45) is 11.7 Å². The second-order valence-corrected chi connectivity index (χ2v) is 5.72. The van der Waals surface area contributed by atoms with E-state index in [9.17, 15) is 4.79 Å². The predicted octanol–water partition coefficient (Wildman–Crippen LogP) is 0.810. The number of fused-ring (bicyclic) bond motifs is 1. The summed E-state index contributed by atoms with van der Waals surface area (Å²) in [6, 6.07) is 7.33. The third-order valence-corrected chi connectivity index (χ3v) is 4.14. The fourth-order valence-corrected chi connectivity index (χ4v) is 3.06. The quantitative estimate of drug-likeness (QED) is 0.900. The largest absolute Gasteiger partial charge is 0.330 e. The molecule has 3 rings (SSSR count). The molecule has 0 amide bonds. The minimum absolute atomic E-state index is 0.0680. The highest BCUT2D eigenvalue weighted by atomic mass is 16.1. The molecule has 1 aromatic heterocycles. The second kappa shape index (κ2) is 6.32. The number of aromatic nitrogens is 3. The Hall–Kier alpha value is -1.79. The van der Waals surface area contributed by atoms with Crippen molar-refractivity contribution in [3.05, 3.63) is 34.6 Å². The van der Waals surface area contributed by atoms with Crippen molar-refractivity contribution in [3.63, 3.8) is 0 Å². The molecule has 1 aliphatic rings. The first-order chi connectivity index (χ1) is 10.3. The Morgan fingerprint density at radius 3 is 3.05 bits per heavy atom. The van der Waals surface area contributed by atoms with Crippen LogP contribution in [0.2, 0.25) is 0 Å². The van der Waals surface area contributed by atoms with Crippen LogP contribution in [-0.4, -0.2) is 39.5 Å². The SMILES string of the molecule is NCCC1CCCN(Cn2nnc3ccccc3c2=O)C1. The molecule has 6 heteroatoms. The van der Waals surface area contributed by atoms with Gasteiger partial charge in [-0.3, -0.25) is 9.69 Å². The van der Waals surface area contributed by atoms with Gasteiger partial charge in [-0.15, -0.1) is 5.10 Å². The number of benzene rings is 1. The Morgan fingerprint density at radius 1 is 1.33 bits per heavy atom. The zero-order valence-electron chi connectivity index (χ0n) is 12.1. The van der Waals surface area contributed by atoms with Crippen LogP contribution in [0.4, 0.5) is 0 Å². The highest BCUT2D eigenvalue weighted by molar-refractivity contribution is 5.76. The summed E-state index contributed by atoms with van der Waals surface area (Å²) in [5.41, 5.74) is 6.23. The van der Waals surface area contributed by atoms with Crippen LogP contribution >= 0.6 is 0 Å². The smallest absolute Gasteiger partial charge is 0.278 e. The summed E-state index contributed by atoms with van der Waals surface area (Å²) in [6.45, 7) is 3.23. The lowest BCUT2D eigenvalue weighted by Gasteiger charge is -2.32. The van der Waals surface area contributed by atoms with Gasteiger partial charge in [0, 0.05) is 6.54 Å². The third-order valence-electron chi connectivity index (χ3n) is 4.14. The molecular formula is C15H21N5O. The maximum atomic E-state index is 12.4. The average molecular weight is 287 g/mol. The van der Waals surface area contributed by atoms with Gasteiger partial charge in [-0.1, -0.05) is 17.3 Å². The summed E-state index contributed by atoms with van der Waals surface area (Å²) in [7, 11) is 0. The number of hydrogen-bond acceptors (Lipinski definition) is 5. The van der Waals surface area contributed by atoms with E-state index < -0.39 is 0 Å². The molecule has 1 fully saturated rings. The van der Waals surface area contributed by atoms with Crippen molar-refractivity contribution in [2.45, 2.75) is 25.9 Å². The Bertz CT molecular complexity index is 666. The molecule has 1 unspecified atom stereocenters. The summed E-state index contributed by atoms with van der Waals surface area (Å²) >= 11 is 0. The summed E-state index contributed by atoms with van der Waals surface area (Å²) in [5.74, 6) is 0.632. The van der Waals surface area contributed by atoms with Crippen LogP contribution in [-0.2, 0) is 6.67 Å². The van der Waals surface area contributed by atoms with Crippen molar-refractivity contribution >= 4 is 10.9 Å². The van der Waals surface area contributed by atoms with Crippen molar-refractivity contribution in [2.75, 3.05) is 19.6 Å². The molecule has 0 bridgehead atoms. The minimum atomic E-state index is -0.0680. The molecule has 0 radical (unpaired) electrons. The molecule has 2 N–H and O–H groups in total. The van der Waals surface area contributed by atoms with Gasteiger partial charge in [0.05, 0.1) is 12.1 Å². The van der Waals surface area contributed by atoms with E-state index in [1.54, 1.807) is 6.07 Å². The number of nitrogens with two attached hydrogens (primary N) is 1. The van der Waals surface area contributed by atoms with Gasteiger partial charge in [-0.2, -0.15) is 4.68 Å². The Balaban J connectivity index is 1.78. The zero-order chi connectivity index (χ0) is 14.7. The van der Waals surface area contributed by atoms with Gasteiger partial charge in [-0.05, 0) is 50.4 Å². The molecule has 2 heterocycles. The summed E-state index contributed by atoms with van der Waals surface area (Å²) in [6.07, 6.45) is 3.43. The molecule has 1 aliphatic heterocycles. The molecule has 1 aromatic carbocycles. The minimum Gasteiger partial charge on any atom is -0.330 e. The first-order valence-electron chi connectivity index (χ1n) is 7.53. The summed E-state index contributed by atoms with van der Waals surface area (Å²) < 4.78 is 1.47. The first kappa shape index (κ1) is 14.2. The van der Waals surface area contributed by atoms with E-state index in [0.29, 0.717) is 23.5 Å². The zero-order valence-corrected chi connectivity index (χ0v) is 12.1. The van der Waals surface area contributed by atoms with Crippen LogP contribution in [0.5, 0.6) is 0 Å². The molecule has 2 aromatic rings. The molecule has 21 heavy (non-hydrogen) atoms. The van der Waals surface area contributed by atoms with Gasteiger partial charge >= 0.3 is 0 Å². The van der Waals surface area contributed by atoms with Crippen LogP contribution in [0.15, 0.2) is 29.1 Å². The fraction of sp³-hybridized carbons (Fsp3) is 0.533. The predicted molar refractivity (Wildman–Crippen MR) is 81.8 cm³/mol. The van der Waals surface area contributed by atoms with Gasteiger partial charge in [-0.25, -0.2) is 0 Å². The van der Waals surface area contributed by atoms with E-state index in [-0.39, 0.29) is 5.56 Å². The van der Waals surface area contributed by atoms with E-state index in [2.05, 4.69) is 15.2 Å². The van der Waals surface area contributed by atoms with Crippen molar-refractivity contribution in [3.8, 4) is 0 Å². The lowest BCUT2D eigenvalue weighted by atomic mass is 9.95. The van der Waals surface area contributed by atoms with E-state index in [4.69, 9.17) is 5.73 Å². The monoisotopic (exact) mass is 287 g/mol. The van der Waals surface area contributed by atoms with Gasteiger partial charge in [0.15, 0.2) is 0 Å². The molecule has 112 valence electrons. The summed E-state index contributed by atoms with van der Waals surface area (Å²) in [4.78, 5) is 14.7. The van der Waals surface area contributed by atoms with Gasteiger partial charge < -0.3 is 5.73 Å². The summed E-state index contributed by atoms with van der Waals surface area (Å²) in [5, 5.41) is 8.82. The highest BCUT2D eigenvalue weighted by Crippen LogP contribution is 2.19. The van der Waals surface area contributed by atoms with Crippen LogP contribution < -0.4 is 11.3 Å². The average Bonchev–Trinajstić information content (AvgIpc) is 2.51. The Morgan fingerprint density at radius 2 is 2.19 bits per heavy atom. The molecule has 0 spiro atoms. The van der Waals surface area contributed by atoms with Gasteiger partial charge in [0.1, 0.15) is 5.52 Å². The lowest BCUT2D eigenvalue weighted by Crippen LogP contribution is -2.40. The van der Waals surface area contributed by atoms with E-state index in [1.165, 1.54) is 11.1 Å². The van der Waals surface area contributed by atoms with E-state index >= 15 is 0 Å². The molecule has 6 nitrogen and oxygen atoms in total. The van der Waals surface area contributed by atoms with Crippen molar-refractivity contribution < 1.29 is 0 Å². The Labute approximate surface area is 123 Å². The van der Waals surface area contributed by atoms with Gasteiger partial charge in [0.2, 0.25) is 0 Å². The molecular weight excluding hydrogens is 266 g/mol. The maximum Gasteiger partial charge on any atom is 0.278 e. The van der Waals surface area contributed by atoms with E-state index in [1.807, 2.05) is 18.2 Å². The highest BCUT2D eigenvalue weighted by Gasteiger charge is 2.20. The second-order valence-electron chi connectivity index (χ2n) is 5.72. The number of nitrogens with zero attached hydrogens (tertiary/aromatic N) is 4. The lowest BCUT2D eigenvalue weighted by molar-refractivity contribution is 0.125. The third kappa shape index (κ3) is 3.11. The standard InChI is InChI=1S/C15H21N5O/c16-8-7-12-4-3-9-19(10-12)11-20-15(21)13-5-1-2-6-14(13)17-18-20/h1-2,5-6,12H,3-4,7-11,16H2.